The first-order valence-corrected chi connectivity index (χ1v) is 21.8. The molecule has 4 heterocycles. The number of hydrogen-bond donors (Lipinski definition) is 0. The number of thiophene rings is 2. The first-order valence-electron chi connectivity index (χ1n) is 20.2. The van der Waals surface area contributed by atoms with E-state index >= 15 is 9.59 Å². The summed E-state index contributed by atoms with van der Waals surface area (Å²) >= 11 is 3.32. The van der Waals surface area contributed by atoms with Crippen molar-refractivity contribution >= 4 is 130 Å². The van der Waals surface area contributed by atoms with E-state index in [1.165, 1.54) is 0 Å². The molecule has 0 atom stereocenters. The second kappa shape index (κ2) is 11.1. The average molecular weight is 767 g/mol. The highest BCUT2D eigenvalue weighted by atomic mass is 32.1. The minimum Gasteiger partial charge on any atom is -0.271 e. The first-order chi connectivity index (χ1) is 27.5. The number of benzene rings is 7. The molecule has 8 heteroatoms. The lowest BCUT2D eigenvalue weighted by molar-refractivity contribution is 0.0489. The van der Waals surface area contributed by atoms with Crippen LogP contribution >= 0.6 is 22.7 Å². The topological polar surface area (TPSA) is 74.8 Å². The third-order valence-electron chi connectivity index (χ3n) is 13.7. The molecule has 0 spiro atoms. The molecule has 0 radical (unpaired) electrons. The van der Waals surface area contributed by atoms with Crippen molar-refractivity contribution in [1.82, 2.24) is 9.80 Å². The van der Waals surface area contributed by atoms with Gasteiger partial charge in [0.2, 0.25) is 0 Å². The monoisotopic (exact) mass is 766 g/mol. The van der Waals surface area contributed by atoms with E-state index in [4.69, 9.17) is 0 Å². The maximum atomic E-state index is 15.2. The van der Waals surface area contributed by atoms with Crippen LogP contribution in [0.15, 0.2) is 72.8 Å². The van der Waals surface area contributed by atoms with Crippen LogP contribution in [0.4, 0.5) is 0 Å². The SMILES string of the molecule is O=C1c2ccc3c4c2c(c2c5ccccc5sc2c4c2ccc4c5c(c6sc7ccccc7c6c3c52)C(=O)N(C2CCCCC2)C4=O)C(=O)N1C1CCCCC1. The molecule has 2 saturated carbocycles. The molecule has 0 bridgehead atoms. The molecule has 4 aliphatic rings. The van der Waals surface area contributed by atoms with E-state index in [1.807, 2.05) is 30.3 Å². The molecule has 2 fully saturated rings. The summed E-state index contributed by atoms with van der Waals surface area (Å²) in [5, 5.41) is 11.2. The smallest absolute Gasteiger partial charge is 0.263 e. The predicted octanol–water partition coefficient (Wildman–Crippen LogP) is 12.3. The van der Waals surface area contributed by atoms with Crippen LogP contribution in [0.3, 0.4) is 0 Å². The van der Waals surface area contributed by atoms with Crippen molar-refractivity contribution in [3.63, 3.8) is 0 Å². The van der Waals surface area contributed by atoms with Gasteiger partial charge in [-0.3, -0.25) is 29.0 Å². The standard InChI is InChI=1S/C48H34N2O4S2/c51-45-29-21-19-27-34-33-28(40-35(27)36(29)41(47(53)49(45)23-11-3-1-4-12-23)39-26-16-8-10-18-32(26)55-43(39)40)20-22-30-37(33)42(44-38(34)25-15-7-9-17-31(25)56-44)48(54)50(46(30)52)24-13-5-2-6-14-24/h7-10,15-24H,1-6,11-14H2. The van der Waals surface area contributed by atoms with Gasteiger partial charge >= 0.3 is 0 Å². The van der Waals surface area contributed by atoms with Gasteiger partial charge in [-0.15, -0.1) is 22.7 Å². The van der Waals surface area contributed by atoms with Gasteiger partial charge in [-0.2, -0.15) is 0 Å². The largest absolute Gasteiger partial charge is 0.271 e. The second-order valence-electron chi connectivity index (χ2n) is 16.5. The Kier molecular flexibility index (Phi) is 6.30. The van der Waals surface area contributed by atoms with Gasteiger partial charge in [-0.1, -0.05) is 87.1 Å². The van der Waals surface area contributed by atoms with Crippen LogP contribution in [-0.2, 0) is 0 Å². The summed E-state index contributed by atoms with van der Waals surface area (Å²) in [6.45, 7) is 0. The first kappa shape index (κ1) is 31.7. The molecule has 2 aliphatic heterocycles. The number of carbonyl (C=O) groups excluding carboxylic acids is 4. The van der Waals surface area contributed by atoms with E-state index in [2.05, 4.69) is 42.5 Å². The molecule has 0 unspecified atom stereocenters. The van der Waals surface area contributed by atoms with Crippen LogP contribution in [0.5, 0.6) is 0 Å². The fraction of sp³-hybridized carbons (Fsp3) is 0.250. The quantitative estimate of drug-likeness (QED) is 0.0997. The van der Waals surface area contributed by atoms with E-state index in [9.17, 15) is 9.59 Å². The van der Waals surface area contributed by atoms with Gasteiger partial charge in [-0.05, 0) is 66.1 Å². The minimum atomic E-state index is -0.202. The van der Waals surface area contributed by atoms with Crippen molar-refractivity contribution in [2.24, 2.45) is 0 Å². The zero-order valence-electron chi connectivity index (χ0n) is 30.5. The number of carbonyl (C=O) groups is 4. The van der Waals surface area contributed by atoms with E-state index < -0.39 is 0 Å². The van der Waals surface area contributed by atoms with Crippen LogP contribution in [0, 0.1) is 0 Å². The van der Waals surface area contributed by atoms with Gasteiger partial charge in [-0.25, -0.2) is 0 Å². The third kappa shape index (κ3) is 3.78. The highest BCUT2D eigenvalue weighted by Gasteiger charge is 2.43. The number of hydrogen-bond acceptors (Lipinski definition) is 6. The van der Waals surface area contributed by atoms with Crippen LogP contribution in [0.25, 0.3) is 83.4 Å². The zero-order chi connectivity index (χ0) is 37.1. The third-order valence-corrected chi connectivity index (χ3v) is 16.1. The Bertz CT molecular complexity index is 3320. The summed E-state index contributed by atoms with van der Waals surface area (Å²) in [4.78, 5) is 63.0. The Hall–Kier alpha value is -5.44. The lowest BCUT2D eigenvalue weighted by Crippen LogP contribution is -2.48. The molecule has 0 saturated heterocycles. The van der Waals surface area contributed by atoms with Gasteiger partial charge < -0.3 is 0 Å². The Morgan fingerprint density at radius 3 is 1.45 bits per heavy atom. The molecular weight excluding hydrogens is 733 g/mol. The Morgan fingerprint density at radius 2 is 0.839 bits per heavy atom. The number of nitrogens with zero attached hydrogens (tertiary/aromatic N) is 2. The van der Waals surface area contributed by atoms with Gasteiger partial charge in [0.05, 0.1) is 11.1 Å². The predicted molar refractivity (Wildman–Crippen MR) is 228 cm³/mol. The van der Waals surface area contributed by atoms with Crippen molar-refractivity contribution in [2.75, 3.05) is 0 Å². The minimum absolute atomic E-state index is 0.109. The van der Waals surface area contributed by atoms with Gasteiger partial charge in [0.1, 0.15) is 0 Å². The van der Waals surface area contributed by atoms with E-state index in [1.54, 1.807) is 32.5 Å². The van der Waals surface area contributed by atoms with Gasteiger partial charge in [0, 0.05) is 90.5 Å². The fourth-order valence-corrected chi connectivity index (χ4v) is 13.9. The van der Waals surface area contributed by atoms with E-state index in [-0.39, 0.29) is 35.7 Å². The molecule has 2 aliphatic carbocycles. The second-order valence-corrected chi connectivity index (χ2v) is 18.6. The normalized spacial score (nSPS) is 18.6. The van der Waals surface area contributed by atoms with Crippen molar-refractivity contribution < 1.29 is 19.2 Å². The summed E-state index contributed by atoms with van der Waals surface area (Å²) in [6, 6.07) is 24.5. The highest BCUT2D eigenvalue weighted by molar-refractivity contribution is 7.27. The zero-order valence-corrected chi connectivity index (χ0v) is 32.1. The molecule has 272 valence electrons. The van der Waals surface area contributed by atoms with E-state index in [0.29, 0.717) is 22.3 Å². The maximum Gasteiger partial charge on any atom is 0.263 e. The Balaban J connectivity index is 1.26. The molecule has 56 heavy (non-hydrogen) atoms. The van der Waals surface area contributed by atoms with E-state index in [0.717, 1.165) is 148 Å². The van der Waals surface area contributed by atoms with Crippen molar-refractivity contribution in [1.29, 1.82) is 0 Å². The number of fused-ring (bicyclic) bond motifs is 12. The Morgan fingerprint density at radius 1 is 0.393 bits per heavy atom. The molecular formula is C48H34N2O4S2. The van der Waals surface area contributed by atoms with Crippen LogP contribution < -0.4 is 0 Å². The lowest BCUT2D eigenvalue weighted by Gasteiger charge is -2.37. The summed E-state index contributed by atoms with van der Waals surface area (Å²) in [5.74, 6) is -0.772. The molecule has 2 aromatic heterocycles. The van der Waals surface area contributed by atoms with Crippen molar-refractivity contribution in [3.8, 4) is 0 Å². The summed E-state index contributed by atoms with van der Waals surface area (Å²) in [5.41, 5.74) is 2.43. The van der Waals surface area contributed by atoms with Crippen LogP contribution in [-0.4, -0.2) is 45.5 Å². The van der Waals surface area contributed by atoms with Crippen LogP contribution in [0.1, 0.15) is 106 Å². The average Bonchev–Trinajstić information content (AvgIpc) is 3.81. The number of amides is 4. The molecule has 4 amide bonds. The van der Waals surface area contributed by atoms with Gasteiger partial charge in [0.15, 0.2) is 0 Å². The molecule has 0 N–H and O–H groups in total. The fourth-order valence-electron chi connectivity index (χ4n) is 11.4. The maximum absolute atomic E-state index is 15.2. The highest BCUT2D eigenvalue weighted by Crippen LogP contribution is 2.56. The molecule has 9 aromatic rings. The lowest BCUT2D eigenvalue weighted by atomic mass is 9.79. The number of rotatable bonds is 2. The summed E-state index contributed by atoms with van der Waals surface area (Å²) < 4.78 is 4.07. The summed E-state index contributed by atoms with van der Waals surface area (Å²) in [6.07, 6.45) is 9.64. The van der Waals surface area contributed by atoms with Crippen molar-refractivity contribution in [3.05, 3.63) is 95.1 Å². The molecule has 7 aromatic carbocycles. The molecule has 6 nitrogen and oxygen atoms in total. The summed E-state index contributed by atoms with van der Waals surface area (Å²) in [7, 11) is 0. The van der Waals surface area contributed by atoms with Crippen LogP contribution in [0.2, 0.25) is 0 Å². The van der Waals surface area contributed by atoms with Gasteiger partial charge in [0.25, 0.3) is 23.6 Å². The van der Waals surface area contributed by atoms with Crippen molar-refractivity contribution in [2.45, 2.75) is 76.3 Å². The molecule has 13 rings (SSSR count). The number of imide groups is 2. The Labute approximate surface area is 328 Å².